The van der Waals surface area contributed by atoms with Gasteiger partial charge in [-0.3, -0.25) is 9.59 Å². The molecule has 142 valence electrons. The first kappa shape index (κ1) is 20.6. The third kappa shape index (κ3) is 5.13. The largest absolute Gasteiger partial charge is 0.485 e. The summed E-state index contributed by atoms with van der Waals surface area (Å²) in [5.41, 5.74) is 0.634. The van der Waals surface area contributed by atoms with E-state index in [9.17, 15) is 9.59 Å². The van der Waals surface area contributed by atoms with Crippen LogP contribution in [0.3, 0.4) is 0 Å². The molecule has 1 aromatic carbocycles. The van der Waals surface area contributed by atoms with Crippen LogP contribution < -0.4 is 0 Å². The lowest BCUT2D eigenvalue weighted by Gasteiger charge is -2.28. The molecule has 2 rings (SSSR count). The Morgan fingerprint density at radius 2 is 1.96 bits per heavy atom. The van der Waals surface area contributed by atoms with Crippen molar-refractivity contribution in [1.29, 1.82) is 0 Å². The number of likely N-dealkylation sites (tertiary alicyclic amines) is 1. The highest BCUT2D eigenvalue weighted by Crippen LogP contribution is 2.26. The van der Waals surface area contributed by atoms with Gasteiger partial charge in [-0.1, -0.05) is 51.1 Å². The maximum atomic E-state index is 12.6. The normalized spacial score (nSPS) is 17.2. The molecule has 0 spiro atoms. The van der Waals surface area contributed by atoms with Crippen LogP contribution in [-0.4, -0.2) is 40.8 Å². The number of ketones is 1. The number of hydrogen-bond donors (Lipinski definition) is 0. The van der Waals surface area contributed by atoms with Crippen LogP contribution in [0.15, 0.2) is 30.3 Å². The summed E-state index contributed by atoms with van der Waals surface area (Å²) >= 11 is 5.42. The van der Waals surface area contributed by atoms with Crippen molar-refractivity contribution in [3.8, 4) is 0 Å². The van der Waals surface area contributed by atoms with E-state index in [1.54, 1.807) is 4.90 Å². The second-order valence-electron chi connectivity index (χ2n) is 7.48. The number of carbonyl (C=O) groups excluding carboxylic acids is 2. The number of nitrogens with zero attached hydrogens (tertiary/aromatic N) is 1. The average molecular weight is 376 g/mol. The number of rotatable bonds is 8. The summed E-state index contributed by atoms with van der Waals surface area (Å²) in [6, 6.07) is 9.98. The first-order valence-corrected chi connectivity index (χ1v) is 9.83. The molecule has 1 saturated heterocycles. The molecule has 1 aromatic rings. The summed E-state index contributed by atoms with van der Waals surface area (Å²) in [5.74, 6) is -0.756. The Morgan fingerprint density at radius 1 is 1.27 bits per heavy atom. The maximum Gasteiger partial charge on any atom is 0.291 e. The topological polar surface area (TPSA) is 46.6 Å². The van der Waals surface area contributed by atoms with Gasteiger partial charge in [0.25, 0.3) is 5.91 Å². The van der Waals surface area contributed by atoms with Gasteiger partial charge in [-0.2, -0.15) is 0 Å². The van der Waals surface area contributed by atoms with E-state index in [2.05, 4.69) is 12.1 Å². The Bertz CT molecular complexity index is 642. The maximum absolute atomic E-state index is 12.6. The zero-order chi connectivity index (χ0) is 19.2. The smallest absolute Gasteiger partial charge is 0.291 e. The van der Waals surface area contributed by atoms with Crippen LogP contribution >= 0.6 is 12.2 Å². The second-order valence-corrected chi connectivity index (χ2v) is 7.88. The third-order valence-corrected chi connectivity index (χ3v) is 5.57. The molecule has 1 fully saturated rings. The minimum atomic E-state index is -0.637. The van der Waals surface area contributed by atoms with Crippen LogP contribution in [0.5, 0.6) is 0 Å². The molecular weight excluding hydrogens is 346 g/mol. The fraction of sp³-hybridized carbons (Fsp3) is 0.571. The van der Waals surface area contributed by atoms with Crippen molar-refractivity contribution in [2.75, 3.05) is 13.2 Å². The molecule has 0 radical (unpaired) electrons. The molecule has 0 aromatic heterocycles. The molecule has 1 aliphatic heterocycles. The summed E-state index contributed by atoms with van der Waals surface area (Å²) < 4.78 is 5.75. The van der Waals surface area contributed by atoms with Crippen molar-refractivity contribution in [3.05, 3.63) is 35.9 Å². The molecule has 0 bridgehead atoms. The van der Waals surface area contributed by atoms with E-state index in [0.717, 1.165) is 25.7 Å². The molecule has 1 atom stereocenters. The van der Waals surface area contributed by atoms with Gasteiger partial charge >= 0.3 is 0 Å². The molecule has 0 saturated carbocycles. The van der Waals surface area contributed by atoms with E-state index in [4.69, 9.17) is 17.0 Å². The summed E-state index contributed by atoms with van der Waals surface area (Å²) in [6.45, 7) is 6.66. The van der Waals surface area contributed by atoms with E-state index in [1.165, 1.54) is 5.56 Å². The first-order valence-electron chi connectivity index (χ1n) is 9.43. The van der Waals surface area contributed by atoms with Crippen LogP contribution in [0, 0.1) is 5.41 Å². The molecule has 0 N–H and O–H groups in total. The number of Topliss-reactive ketones (excluding diaryl/α,β-unsaturated/α-hetero) is 1. The van der Waals surface area contributed by atoms with Gasteiger partial charge in [0.05, 0.1) is 6.61 Å². The Balaban J connectivity index is 1.85. The SMILES string of the molecule is CCC(C)(C)C(=O)C(=O)N1CCCC1C(=S)OCCCc1ccccc1. The molecule has 1 amide bonds. The van der Waals surface area contributed by atoms with E-state index in [1.807, 2.05) is 39.0 Å². The molecule has 4 nitrogen and oxygen atoms in total. The van der Waals surface area contributed by atoms with Crippen molar-refractivity contribution in [1.82, 2.24) is 4.90 Å². The number of thiocarbonyl (C=S) groups is 1. The van der Waals surface area contributed by atoms with Gasteiger partial charge < -0.3 is 9.64 Å². The minimum absolute atomic E-state index is 0.258. The monoisotopic (exact) mass is 375 g/mol. The fourth-order valence-electron chi connectivity index (χ4n) is 3.03. The summed E-state index contributed by atoms with van der Waals surface area (Å²) in [4.78, 5) is 26.7. The van der Waals surface area contributed by atoms with Gasteiger partial charge in [0.2, 0.25) is 5.78 Å². The predicted octanol–water partition coefficient (Wildman–Crippen LogP) is 3.96. The van der Waals surface area contributed by atoms with Crippen molar-refractivity contribution < 1.29 is 14.3 Å². The van der Waals surface area contributed by atoms with Crippen molar-refractivity contribution in [3.63, 3.8) is 0 Å². The summed E-state index contributed by atoms with van der Waals surface area (Å²) in [5, 5.41) is 0.436. The summed E-state index contributed by atoms with van der Waals surface area (Å²) in [7, 11) is 0. The molecular formula is C21H29NO3S. The Labute approximate surface area is 161 Å². The predicted molar refractivity (Wildman–Crippen MR) is 107 cm³/mol. The van der Waals surface area contributed by atoms with Crippen LogP contribution in [0.1, 0.15) is 52.0 Å². The third-order valence-electron chi connectivity index (χ3n) is 5.18. The van der Waals surface area contributed by atoms with Gasteiger partial charge in [0.1, 0.15) is 6.04 Å². The zero-order valence-corrected chi connectivity index (χ0v) is 16.8. The van der Waals surface area contributed by atoms with Gasteiger partial charge in [0.15, 0.2) is 5.05 Å². The highest BCUT2D eigenvalue weighted by Gasteiger charge is 2.40. The van der Waals surface area contributed by atoms with Crippen molar-refractivity contribution in [2.24, 2.45) is 5.41 Å². The highest BCUT2D eigenvalue weighted by molar-refractivity contribution is 7.80. The van der Waals surface area contributed by atoms with Crippen molar-refractivity contribution in [2.45, 2.75) is 58.9 Å². The number of benzene rings is 1. The molecule has 1 heterocycles. The summed E-state index contributed by atoms with van der Waals surface area (Å²) in [6.07, 6.45) is 4.05. The minimum Gasteiger partial charge on any atom is -0.485 e. The molecule has 5 heteroatoms. The second kappa shape index (κ2) is 9.26. The van der Waals surface area contributed by atoms with Gasteiger partial charge in [-0.15, -0.1) is 0 Å². The Morgan fingerprint density at radius 3 is 2.62 bits per heavy atom. The van der Waals surface area contributed by atoms with E-state index in [0.29, 0.717) is 24.6 Å². The fourth-order valence-corrected chi connectivity index (χ4v) is 3.35. The zero-order valence-electron chi connectivity index (χ0n) is 16.0. The van der Waals surface area contributed by atoms with Crippen LogP contribution in [-0.2, 0) is 20.7 Å². The number of hydrogen-bond acceptors (Lipinski definition) is 4. The van der Waals surface area contributed by atoms with Crippen LogP contribution in [0.25, 0.3) is 0 Å². The van der Waals surface area contributed by atoms with Crippen LogP contribution in [0.4, 0.5) is 0 Å². The van der Waals surface area contributed by atoms with E-state index >= 15 is 0 Å². The van der Waals surface area contributed by atoms with Gasteiger partial charge in [0, 0.05) is 12.0 Å². The van der Waals surface area contributed by atoms with Crippen molar-refractivity contribution >= 4 is 29.0 Å². The lowest BCUT2D eigenvalue weighted by atomic mass is 9.84. The Kier molecular flexibility index (Phi) is 7.33. The quantitative estimate of drug-likeness (QED) is 0.392. The number of aryl methyl sites for hydroxylation is 1. The van der Waals surface area contributed by atoms with E-state index in [-0.39, 0.29) is 11.8 Å². The average Bonchev–Trinajstić information content (AvgIpc) is 3.14. The molecule has 1 unspecified atom stereocenters. The standard InChI is InChI=1S/C21H29NO3S/c1-4-21(2,3)18(23)19(24)22-14-8-13-17(22)20(26)25-15-9-12-16-10-6-5-7-11-16/h5-7,10-11,17H,4,8-9,12-15H2,1-3H3. The highest BCUT2D eigenvalue weighted by atomic mass is 32.1. The molecule has 26 heavy (non-hydrogen) atoms. The van der Waals surface area contributed by atoms with Gasteiger partial charge in [-0.25, -0.2) is 0 Å². The Hall–Kier alpha value is -1.75. The van der Waals surface area contributed by atoms with Crippen LogP contribution in [0.2, 0.25) is 0 Å². The number of carbonyl (C=O) groups is 2. The van der Waals surface area contributed by atoms with E-state index < -0.39 is 11.3 Å². The first-order chi connectivity index (χ1) is 12.4. The molecule has 1 aliphatic rings. The lowest BCUT2D eigenvalue weighted by Crippen LogP contribution is -2.47. The lowest BCUT2D eigenvalue weighted by molar-refractivity contribution is -0.149. The molecule has 0 aliphatic carbocycles. The van der Waals surface area contributed by atoms with Gasteiger partial charge in [-0.05, 0) is 49.9 Å². The number of amides is 1. The number of ether oxygens (including phenoxy) is 1.